The smallest absolute Gasteiger partial charge is 0.326 e. The van der Waals surface area contributed by atoms with E-state index in [1.165, 1.54) is 6.08 Å². The van der Waals surface area contributed by atoms with Crippen molar-refractivity contribution in [1.82, 2.24) is 4.90 Å². The number of esters is 1. The molecule has 1 fully saturated rings. The molecule has 2 aromatic rings. The minimum atomic E-state index is -0.653. The van der Waals surface area contributed by atoms with Crippen molar-refractivity contribution in [3.05, 3.63) is 58.5 Å². The number of anilines is 1. The first-order valence-corrected chi connectivity index (χ1v) is 12.2. The SMILES string of the molecule is CCOc1cc(/C=C2/SC(=O)N(CC(=O)OC(C)C)C2=O)ccc1OCC(=O)Nc1cccc(C)c1. The lowest BCUT2D eigenvalue weighted by Crippen LogP contribution is -2.35. The number of benzene rings is 2. The molecule has 9 nitrogen and oxygen atoms in total. The number of hydrogen-bond donors (Lipinski definition) is 1. The second-order valence-electron chi connectivity index (χ2n) is 8.15. The van der Waals surface area contributed by atoms with E-state index in [2.05, 4.69) is 5.32 Å². The second-order valence-corrected chi connectivity index (χ2v) is 9.15. The molecule has 0 radical (unpaired) electrons. The molecule has 2 aromatic carbocycles. The molecule has 190 valence electrons. The van der Waals surface area contributed by atoms with Gasteiger partial charge in [0.05, 0.1) is 17.6 Å². The summed E-state index contributed by atoms with van der Waals surface area (Å²) in [5, 5.41) is 2.23. The zero-order chi connectivity index (χ0) is 26.2. The summed E-state index contributed by atoms with van der Waals surface area (Å²) in [6.07, 6.45) is 1.19. The van der Waals surface area contributed by atoms with Crippen LogP contribution in [0.25, 0.3) is 6.08 Å². The number of carbonyl (C=O) groups is 4. The van der Waals surface area contributed by atoms with E-state index >= 15 is 0 Å². The molecule has 0 unspecified atom stereocenters. The average molecular weight is 513 g/mol. The monoisotopic (exact) mass is 512 g/mol. The molecule has 0 aromatic heterocycles. The number of thioether (sulfide) groups is 1. The largest absolute Gasteiger partial charge is 0.490 e. The fourth-order valence-electron chi connectivity index (χ4n) is 3.28. The third-order valence-corrected chi connectivity index (χ3v) is 5.66. The predicted molar refractivity (Wildman–Crippen MR) is 137 cm³/mol. The highest BCUT2D eigenvalue weighted by Gasteiger charge is 2.36. The Morgan fingerprint density at radius 1 is 1.08 bits per heavy atom. The minimum absolute atomic E-state index is 0.172. The Balaban J connectivity index is 1.68. The van der Waals surface area contributed by atoms with E-state index in [9.17, 15) is 19.2 Å². The molecule has 0 bridgehead atoms. The maximum Gasteiger partial charge on any atom is 0.326 e. The Labute approximate surface area is 213 Å². The number of nitrogens with zero attached hydrogens (tertiary/aromatic N) is 1. The molecule has 0 saturated carbocycles. The van der Waals surface area contributed by atoms with Gasteiger partial charge >= 0.3 is 5.97 Å². The molecule has 3 rings (SSSR count). The summed E-state index contributed by atoms with van der Waals surface area (Å²) in [6.45, 7) is 6.80. The summed E-state index contributed by atoms with van der Waals surface area (Å²) < 4.78 is 16.3. The van der Waals surface area contributed by atoms with E-state index in [0.29, 0.717) is 29.4 Å². The second kappa shape index (κ2) is 12.3. The van der Waals surface area contributed by atoms with E-state index in [1.54, 1.807) is 38.1 Å². The summed E-state index contributed by atoms with van der Waals surface area (Å²) >= 11 is 0.743. The van der Waals surface area contributed by atoms with E-state index in [0.717, 1.165) is 22.2 Å². The van der Waals surface area contributed by atoms with E-state index in [4.69, 9.17) is 14.2 Å². The average Bonchev–Trinajstić information content (AvgIpc) is 3.05. The summed E-state index contributed by atoms with van der Waals surface area (Å²) in [6, 6.07) is 12.4. The summed E-state index contributed by atoms with van der Waals surface area (Å²) in [5.74, 6) is -0.805. The first-order chi connectivity index (χ1) is 17.2. The molecule has 36 heavy (non-hydrogen) atoms. The van der Waals surface area contributed by atoms with E-state index < -0.39 is 23.7 Å². The highest BCUT2D eigenvalue weighted by atomic mass is 32.2. The Morgan fingerprint density at radius 3 is 2.56 bits per heavy atom. The van der Waals surface area contributed by atoms with Crippen molar-refractivity contribution in [2.24, 2.45) is 0 Å². The van der Waals surface area contributed by atoms with Crippen molar-refractivity contribution in [3.8, 4) is 11.5 Å². The van der Waals surface area contributed by atoms with Crippen LogP contribution in [0, 0.1) is 6.92 Å². The standard InChI is InChI=1S/C26H28N2O7S/c1-5-33-21-12-18(13-22-25(31)28(26(32)36-22)14-24(30)35-16(2)3)9-10-20(21)34-15-23(29)27-19-8-6-7-17(4)11-19/h6-13,16H,5,14-15H2,1-4H3,(H,27,29)/b22-13+. The first-order valence-electron chi connectivity index (χ1n) is 11.4. The molecule has 0 aliphatic carbocycles. The summed E-state index contributed by atoms with van der Waals surface area (Å²) in [5.41, 5.74) is 2.29. The number of rotatable bonds is 10. The molecular formula is C26H28N2O7S. The lowest BCUT2D eigenvalue weighted by molar-refractivity contribution is -0.149. The molecule has 10 heteroatoms. The molecule has 1 aliphatic rings. The highest BCUT2D eigenvalue weighted by Crippen LogP contribution is 2.34. The summed E-state index contributed by atoms with van der Waals surface area (Å²) in [7, 11) is 0. The fourth-order valence-corrected chi connectivity index (χ4v) is 4.12. The normalized spacial score (nSPS) is 14.4. The number of aryl methyl sites for hydroxylation is 1. The van der Waals surface area contributed by atoms with Gasteiger partial charge in [-0.15, -0.1) is 0 Å². The first kappa shape index (κ1) is 26.8. The van der Waals surface area contributed by atoms with Gasteiger partial charge in [-0.2, -0.15) is 0 Å². The number of nitrogens with one attached hydrogen (secondary N) is 1. The Kier molecular flexibility index (Phi) is 9.13. The van der Waals surface area contributed by atoms with Gasteiger partial charge in [0.15, 0.2) is 18.1 Å². The van der Waals surface area contributed by atoms with Crippen LogP contribution in [0.3, 0.4) is 0 Å². The van der Waals surface area contributed by atoms with Crippen molar-refractivity contribution in [1.29, 1.82) is 0 Å². The van der Waals surface area contributed by atoms with Crippen LogP contribution >= 0.6 is 11.8 Å². The van der Waals surface area contributed by atoms with Crippen molar-refractivity contribution < 1.29 is 33.4 Å². The lowest BCUT2D eigenvalue weighted by Gasteiger charge is -2.13. The quantitative estimate of drug-likeness (QED) is 0.368. The van der Waals surface area contributed by atoms with E-state index in [-0.39, 0.29) is 23.5 Å². The molecule has 1 saturated heterocycles. The molecule has 0 atom stereocenters. The van der Waals surface area contributed by atoms with Crippen LogP contribution < -0.4 is 14.8 Å². The fraction of sp³-hybridized carbons (Fsp3) is 0.308. The Bertz CT molecular complexity index is 1190. The van der Waals surface area contributed by atoms with Crippen LogP contribution in [0.1, 0.15) is 31.9 Å². The lowest BCUT2D eigenvalue weighted by atomic mass is 10.2. The molecule has 0 spiro atoms. The van der Waals surface area contributed by atoms with Gasteiger partial charge in [-0.3, -0.25) is 24.1 Å². The Morgan fingerprint density at radius 2 is 1.86 bits per heavy atom. The van der Waals surface area contributed by atoms with Crippen molar-refractivity contribution in [3.63, 3.8) is 0 Å². The maximum absolute atomic E-state index is 12.7. The zero-order valence-corrected chi connectivity index (χ0v) is 21.3. The van der Waals surface area contributed by atoms with Crippen molar-refractivity contribution >= 4 is 46.5 Å². The third-order valence-electron chi connectivity index (χ3n) is 4.75. The molecule has 1 heterocycles. The van der Waals surface area contributed by atoms with Gasteiger partial charge in [-0.25, -0.2) is 0 Å². The zero-order valence-electron chi connectivity index (χ0n) is 20.5. The van der Waals surface area contributed by atoms with Gasteiger partial charge in [0.1, 0.15) is 6.54 Å². The van der Waals surface area contributed by atoms with Gasteiger partial charge in [0.2, 0.25) is 0 Å². The van der Waals surface area contributed by atoms with Crippen molar-refractivity contribution in [2.75, 3.05) is 25.1 Å². The van der Waals surface area contributed by atoms with Crippen LogP contribution in [0.2, 0.25) is 0 Å². The predicted octanol–water partition coefficient (Wildman–Crippen LogP) is 4.40. The number of carbonyl (C=O) groups excluding carboxylic acids is 4. The number of ether oxygens (including phenoxy) is 3. The van der Waals surface area contributed by atoms with Gasteiger partial charge in [-0.05, 0) is 80.9 Å². The van der Waals surface area contributed by atoms with Crippen molar-refractivity contribution in [2.45, 2.75) is 33.8 Å². The highest BCUT2D eigenvalue weighted by molar-refractivity contribution is 8.18. The van der Waals surface area contributed by atoms with Crippen LogP contribution in [-0.4, -0.2) is 53.8 Å². The van der Waals surface area contributed by atoms with Gasteiger partial charge in [0, 0.05) is 5.69 Å². The third kappa shape index (κ3) is 7.35. The maximum atomic E-state index is 12.7. The van der Waals surface area contributed by atoms with Gasteiger partial charge in [0.25, 0.3) is 17.1 Å². The van der Waals surface area contributed by atoms with Gasteiger partial charge in [-0.1, -0.05) is 18.2 Å². The van der Waals surface area contributed by atoms with Crippen LogP contribution in [-0.2, 0) is 19.1 Å². The topological polar surface area (TPSA) is 111 Å². The molecular weight excluding hydrogens is 484 g/mol. The molecule has 3 amide bonds. The minimum Gasteiger partial charge on any atom is -0.490 e. The summed E-state index contributed by atoms with van der Waals surface area (Å²) in [4.78, 5) is 50.2. The number of hydrogen-bond acceptors (Lipinski definition) is 8. The molecule has 1 N–H and O–H groups in total. The van der Waals surface area contributed by atoms with Crippen LogP contribution in [0.4, 0.5) is 10.5 Å². The Hall–Kier alpha value is -3.79. The van der Waals surface area contributed by atoms with Crippen LogP contribution in [0.15, 0.2) is 47.4 Å². The number of imide groups is 1. The van der Waals surface area contributed by atoms with E-state index in [1.807, 2.05) is 32.0 Å². The van der Waals surface area contributed by atoms with Crippen LogP contribution in [0.5, 0.6) is 11.5 Å². The van der Waals surface area contributed by atoms with Gasteiger partial charge < -0.3 is 19.5 Å². The number of amides is 3. The molecule has 1 aliphatic heterocycles.